The molecule has 0 aliphatic rings. The van der Waals surface area contributed by atoms with Crippen LogP contribution in [0, 0.1) is 0 Å². The van der Waals surface area contributed by atoms with E-state index in [1.54, 1.807) is 0 Å². The molecule has 0 saturated carbocycles. The number of anilines is 1. The molecule has 0 spiro atoms. The van der Waals surface area contributed by atoms with Gasteiger partial charge < -0.3 is 10.6 Å². The summed E-state index contributed by atoms with van der Waals surface area (Å²) in [6.45, 7) is 1.89. The van der Waals surface area contributed by atoms with Crippen LogP contribution in [0.3, 0.4) is 0 Å². The van der Waals surface area contributed by atoms with Crippen molar-refractivity contribution in [1.29, 1.82) is 0 Å². The number of hydrogen-bond acceptors (Lipinski definition) is 2. The SMILES string of the molecule is CNc1ccc(CNCCc2ccccc2Br)cc1. The van der Waals surface area contributed by atoms with Crippen LogP contribution in [0.15, 0.2) is 53.0 Å². The van der Waals surface area contributed by atoms with E-state index in [-0.39, 0.29) is 0 Å². The van der Waals surface area contributed by atoms with Crippen molar-refractivity contribution in [2.24, 2.45) is 0 Å². The second-order valence-electron chi connectivity index (χ2n) is 4.47. The van der Waals surface area contributed by atoms with Crippen LogP contribution < -0.4 is 10.6 Å². The first-order valence-electron chi connectivity index (χ1n) is 6.50. The van der Waals surface area contributed by atoms with Gasteiger partial charge in [0.15, 0.2) is 0 Å². The van der Waals surface area contributed by atoms with Crippen molar-refractivity contribution in [3.05, 3.63) is 64.1 Å². The second kappa shape index (κ2) is 7.31. The Balaban J connectivity index is 1.76. The molecule has 2 aromatic carbocycles. The minimum absolute atomic E-state index is 0.911. The van der Waals surface area contributed by atoms with Crippen molar-refractivity contribution in [1.82, 2.24) is 5.32 Å². The van der Waals surface area contributed by atoms with E-state index in [2.05, 4.69) is 69.0 Å². The first-order valence-corrected chi connectivity index (χ1v) is 7.29. The molecule has 3 heteroatoms. The van der Waals surface area contributed by atoms with Gasteiger partial charge >= 0.3 is 0 Å². The lowest BCUT2D eigenvalue weighted by Gasteiger charge is -2.07. The Morgan fingerprint density at radius 2 is 1.74 bits per heavy atom. The van der Waals surface area contributed by atoms with E-state index in [0.29, 0.717) is 0 Å². The average molecular weight is 319 g/mol. The molecule has 0 radical (unpaired) electrons. The Labute approximate surface area is 123 Å². The zero-order chi connectivity index (χ0) is 13.5. The van der Waals surface area contributed by atoms with Crippen LogP contribution in [0.1, 0.15) is 11.1 Å². The Hall–Kier alpha value is -1.32. The van der Waals surface area contributed by atoms with Crippen molar-refractivity contribution in [3.63, 3.8) is 0 Å². The molecule has 2 nitrogen and oxygen atoms in total. The first-order chi connectivity index (χ1) is 9.29. The quantitative estimate of drug-likeness (QED) is 0.791. The molecular weight excluding hydrogens is 300 g/mol. The van der Waals surface area contributed by atoms with Gasteiger partial charge in [-0.25, -0.2) is 0 Å². The minimum Gasteiger partial charge on any atom is -0.388 e. The summed E-state index contributed by atoms with van der Waals surface area (Å²) in [7, 11) is 1.94. The number of hydrogen-bond donors (Lipinski definition) is 2. The zero-order valence-corrected chi connectivity index (χ0v) is 12.7. The normalized spacial score (nSPS) is 10.4. The van der Waals surface area contributed by atoms with Crippen LogP contribution in [0.5, 0.6) is 0 Å². The number of benzene rings is 2. The van der Waals surface area contributed by atoms with Crippen LogP contribution >= 0.6 is 15.9 Å². The van der Waals surface area contributed by atoms with Crippen LogP contribution in [0.4, 0.5) is 5.69 Å². The molecule has 0 atom stereocenters. The Bertz CT molecular complexity index is 508. The van der Waals surface area contributed by atoms with Crippen molar-refractivity contribution in [2.75, 3.05) is 18.9 Å². The maximum Gasteiger partial charge on any atom is 0.0337 e. The highest BCUT2D eigenvalue weighted by Crippen LogP contribution is 2.15. The molecule has 0 amide bonds. The molecule has 2 aromatic rings. The van der Waals surface area contributed by atoms with Gasteiger partial charge in [-0.1, -0.05) is 46.3 Å². The van der Waals surface area contributed by atoms with Crippen molar-refractivity contribution >= 4 is 21.6 Å². The summed E-state index contributed by atoms with van der Waals surface area (Å²) >= 11 is 3.57. The molecule has 2 rings (SSSR count). The summed E-state index contributed by atoms with van der Waals surface area (Å²) in [5.74, 6) is 0. The highest BCUT2D eigenvalue weighted by atomic mass is 79.9. The highest BCUT2D eigenvalue weighted by Gasteiger charge is 1.98. The lowest BCUT2D eigenvalue weighted by Crippen LogP contribution is -2.16. The number of nitrogens with one attached hydrogen (secondary N) is 2. The summed E-state index contributed by atoms with van der Waals surface area (Å²) in [5.41, 5.74) is 3.81. The molecule has 0 aromatic heterocycles. The van der Waals surface area contributed by atoms with Crippen molar-refractivity contribution in [2.45, 2.75) is 13.0 Å². The Morgan fingerprint density at radius 1 is 1.00 bits per heavy atom. The molecule has 0 bridgehead atoms. The molecule has 19 heavy (non-hydrogen) atoms. The zero-order valence-electron chi connectivity index (χ0n) is 11.1. The molecule has 0 aliphatic heterocycles. The number of rotatable bonds is 6. The standard InChI is InChI=1S/C16H19BrN2/c1-18-15-8-6-13(7-9-15)12-19-11-10-14-4-2-3-5-16(14)17/h2-9,18-19H,10-12H2,1H3. The molecular formula is C16H19BrN2. The van der Waals surface area contributed by atoms with Gasteiger partial charge in [-0.05, 0) is 42.3 Å². The lowest BCUT2D eigenvalue weighted by molar-refractivity contribution is 0.686. The monoisotopic (exact) mass is 318 g/mol. The van der Waals surface area contributed by atoms with Gasteiger partial charge in [0.1, 0.15) is 0 Å². The van der Waals surface area contributed by atoms with Crippen LogP contribution in [0.2, 0.25) is 0 Å². The summed E-state index contributed by atoms with van der Waals surface area (Å²) in [5, 5.41) is 6.60. The van der Waals surface area contributed by atoms with E-state index in [1.165, 1.54) is 15.6 Å². The van der Waals surface area contributed by atoms with Gasteiger partial charge in [-0.2, -0.15) is 0 Å². The molecule has 0 unspecified atom stereocenters. The summed E-state index contributed by atoms with van der Waals surface area (Å²) in [6.07, 6.45) is 1.04. The van der Waals surface area contributed by atoms with Gasteiger partial charge in [0, 0.05) is 23.8 Å². The van der Waals surface area contributed by atoms with Crippen LogP contribution in [-0.4, -0.2) is 13.6 Å². The maximum atomic E-state index is 3.57. The van der Waals surface area contributed by atoms with Crippen LogP contribution in [-0.2, 0) is 13.0 Å². The summed E-state index contributed by atoms with van der Waals surface area (Å²) in [6, 6.07) is 16.9. The van der Waals surface area contributed by atoms with E-state index < -0.39 is 0 Å². The number of halogens is 1. The third-order valence-corrected chi connectivity index (χ3v) is 3.87. The molecule has 0 heterocycles. The fourth-order valence-electron chi connectivity index (χ4n) is 1.95. The molecule has 0 aliphatic carbocycles. The van der Waals surface area contributed by atoms with E-state index in [9.17, 15) is 0 Å². The Morgan fingerprint density at radius 3 is 2.42 bits per heavy atom. The van der Waals surface area contributed by atoms with Crippen molar-refractivity contribution in [3.8, 4) is 0 Å². The second-order valence-corrected chi connectivity index (χ2v) is 5.32. The van der Waals surface area contributed by atoms with Gasteiger partial charge in [-0.15, -0.1) is 0 Å². The predicted molar refractivity (Wildman–Crippen MR) is 85.5 cm³/mol. The predicted octanol–water partition coefficient (Wildman–Crippen LogP) is 3.82. The average Bonchev–Trinajstić information content (AvgIpc) is 2.46. The van der Waals surface area contributed by atoms with E-state index in [4.69, 9.17) is 0 Å². The fraction of sp³-hybridized carbons (Fsp3) is 0.250. The van der Waals surface area contributed by atoms with E-state index in [1.807, 2.05) is 13.1 Å². The molecule has 100 valence electrons. The lowest BCUT2D eigenvalue weighted by atomic mass is 10.1. The third kappa shape index (κ3) is 4.37. The maximum absolute atomic E-state index is 3.57. The van der Waals surface area contributed by atoms with Gasteiger partial charge in [-0.3, -0.25) is 0 Å². The highest BCUT2D eigenvalue weighted by molar-refractivity contribution is 9.10. The minimum atomic E-state index is 0.911. The topological polar surface area (TPSA) is 24.1 Å². The molecule has 0 fully saturated rings. The molecule has 0 saturated heterocycles. The van der Waals surface area contributed by atoms with Crippen molar-refractivity contribution < 1.29 is 0 Å². The summed E-state index contributed by atoms with van der Waals surface area (Å²) in [4.78, 5) is 0. The van der Waals surface area contributed by atoms with E-state index in [0.717, 1.165) is 25.2 Å². The Kier molecular flexibility index (Phi) is 5.43. The van der Waals surface area contributed by atoms with Crippen LogP contribution in [0.25, 0.3) is 0 Å². The first kappa shape index (κ1) is 14.1. The van der Waals surface area contributed by atoms with Gasteiger partial charge in [0.25, 0.3) is 0 Å². The largest absolute Gasteiger partial charge is 0.388 e. The van der Waals surface area contributed by atoms with Gasteiger partial charge in [0.2, 0.25) is 0 Å². The van der Waals surface area contributed by atoms with Gasteiger partial charge in [0.05, 0.1) is 0 Å². The smallest absolute Gasteiger partial charge is 0.0337 e. The fourth-order valence-corrected chi connectivity index (χ4v) is 2.43. The third-order valence-electron chi connectivity index (χ3n) is 3.10. The van der Waals surface area contributed by atoms with E-state index >= 15 is 0 Å². The molecule has 2 N–H and O–H groups in total. The summed E-state index contributed by atoms with van der Waals surface area (Å²) < 4.78 is 1.19.